The summed E-state index contributed by atoms with van der Waals surface area (Å²) in [4.78, 5) is 22.3. The van der Waals surface area contributed by atoms with Crippen LogP contribution >= 0.6 is 11.3 Å². The van der Waals surface area contributed by atoms with Crippen molar-refractivity contribution in [2.24, 2.45) is 0 Å². The number of hydrogen-bond donors (Lipinski definition) is 2. The molecule has 0 aliphatic carbocycles. The van der Waals surface area contributed by atoms with Crippen LogP contribution in [0.3, 0.4) is 0 Å². The predicted octanol–water partition coefficient (Wildman–Crippen LogP) is 3.84. The molecule has 2 N–H and O–H groups in total. The van der Waals surface area contributed by atoms with Crippen LogP contribution < -0.4 is 10.1 Å². The van der Waals surface area contributed by atoms with Crippen LogP contribution in [-0.2, 0) is 6.54 Å². The second-order valence-corrected chi connectivity index (χ2v) is 7.40. The number of rotatable bonds is 6. The zero-order valence-electron chi connectivity index (χ0n) is 16.0. The summed E-state index contributed by atoms with van der Waals surface area (Å²) in [5, 5.41) is 10.9. The van der Waals surface area contributed by atoms with Crippen LogP contribution in [0, 0.1) is 6.92 Å². The summed E-state index contributed by atoms with van der Waals surface area (Å²) in [6, 6.07) is 13.1. The van der Waals surface area contributed by atoms with Gasteiger partial charge in [-0.15, -0.1) is 11.3 Å². The number of methoxy groups -OCH3 is 1. The number of aryl methyl sites for hydroxylation is 1. The van der Waals surface area contributed by atoms with Gasteiger partial charge in [0.1, 0.15) is 16.5 Å². The number of carbonyl (C=O) groups excluding carboxylic acids is 1. The van der Waals surface area contributed by atoms with Gasteiger partial charge in [0.15, 0.2) is 0 Å². The Balaban J connectivity index is 1.46. The Morgan fingerprint density at radius 1 is 1.24 bits per heavy atom. The molecule has 3 aromatic heterocycles. The number of H-pyrrole nitrogens is 1. The molecule has 146 valence electrons. The monoisotopic (exact) mass is 405 g/mol. The van der Waals surface area contributed by atoms with Gasteiger partial charge in [-0.1, -0.05) is 12.1 Å². The molecule has 7 nitrogen and oxygen atoms in total. The molecule has 0 bridgehead atoms. The zero-order chi connectivity index (χ0) is 20.2. The van der Waals surface area contributed by atoms with Crippen molar-refractivity contribution in [3.8, 4) is 27.6 Å². The summed E-state index contributed by atoms with van der Waals surface area (Å²) in [5.74, 6) is 0.476. The number of aromatic nitrogens is 4. The molecule has 29 heavy (non-hydrogen) atoms. The molecular weight excluding hydrogens is 386 g/mol. The molecule has 0 fully saturated rings. The van der Waals surface area contributed by atoms with E-state index in [0.717, 1.165) is 26.7 Å². The molecule has 1 aromatic carbocycles. The predicted molar refractivity (Wildman–Crippen MR) is 112 cm³/mol. The van der Waals surface area contributed by atoms with Crippen LogP contribution in [0.25, 0.3) is 21.8 Å². The van der Waals surface area contributed by atoms with Crippen molar-refractivity contribution in [2.45, 2.75) is 13.5 Å². The van der Waals surface area contributed by atoms with Crippen LogP contribution in [0.15, 0.2) is 54.9 Å². The van der Waals surface area contributed by atoms with E-state index < -0.39 is 0 Å². The first kappa shape index (κ1) is 18.8. The fourth-order valence-corrected chi connectivity index (χ4v) is 3.89. The number of amides is 1. The fraction of sp³-hybridized carbons (Fsp3) is 0.143. The second-order valence-electron chi connectivity index (χ2n) is 6.32. The largest absolute Gasteiger partial charge is 0.496 e. The van der Waals surface area contributed by atoms with E-state index in [-0.39, 0.29) is 5.91 Å². The maximum Gasteiger partial charge on any atom is 0.269 e. The van der Waals surface area contributed by atoms with E-state index in [1.165, 1.54) is 0 Å². The highest BCUT2D eigenvalue weighted by atomic mass is 32.1. The van der Waals surface area contributed by atoms with E-state index >= 15 is 0 Å². The third-order valence-electron chi connectivity index (χ3n) is 4.42. The average Bonchev–Trinajstić information content (AvgIpc) is 3.40. The van der Waals surface area contributed by atoms with Crippen molar-refractivity contribution < 1.29 is 9.53 Å². The summed E-state index contributed by atoms with van der Waals surface area (Å²) in [6.45, 7) is 2.33. The van der Waals surface area contributed by atoms with Gasteiger partial charge < -0.3 is 10.1 Å². The Morgan fingerprint density at radius 3 is 2.90 bits per heavy atom. The standard InChI is InChI=1S/C21H19N5O2S/c1-13-19(29-21(24-13)14-6-5-9-22-11-14)12-23-20(27)17-10-16(25-26-17)15-7-3-4-8-18(15)28-2/h3-11H,12H2,1-2H3,(H,23,27)(H,25,26). The minimum absolute atomic E-state index is 0.227. The maximum atomic E-state index is 12.6. The van der Waals surface area contributed by atoms with Crippen LogP contribution in [0.2, 0.25) is 0 Å². The van der Waals surface area contributed by atoms with Gasteiger partial charge >= 0.3 is 0 Å². The first-order chi connectivity index (χ1) is 14.2. The van der Waals surface area contributed by atoms with Gasteiger partial charge in [-0.3, -0.25) is 14.9 Å². The number of hydrogen-bond acceptors (Lipinski definition) is 6. The highest BCUT2D eigenvalue weighted by Crippen LogP contribution is 2.29. The number of nitrogens with zero attached hydrogens (tertiary/aromatic N) is 3. The summed E-state index contributed by atoms with van der Waals surface area (Å²) < 4.78 is 5.36. The Kier molecular flexibility index (Phi) is 5.35. The molecule has 4 aromatic rings. The van der Waals surface area contributed by atoms with E-state index in [1.807, 2.05) is 43.3 Å². The highest BCUT2D eigenvalue weighted by Gasteiger charge is 2.15. The maximum absolute atomic E-state index is 12.6. The molecule has 0 radical (unpaired) electrons. The number of para-hydroxylation sites is 1. The molecule has 0 saturated carbocycles. The topological polar surface area (TPSA) is 92.8 Å². The Hall–Kier alpha value is -3.52. The molecule has 8 heteroatoms. The molecule has 4 rings (SSSR count). The van der Waals surface area contributed by atoms with Crippen molar-refractivity contribution in [1.82, 2.24) is 25.5 Å². The number of carbonyl (C=O) groups is 1. The van der Waals surface area contributed by atoms with Crippen LogP contribution in [0.5, 0.6) is 5.75 Å². The first-order valence-corrected chi connectivity index (χ1v) is 9.81. The van der Waals surface area contributed by atoms with E-state index in [4.69, 9.17) is 4.74 Å². The minimum Gasteiger partial charge on any atom is -0.496 e. The first-order valence-electron chi connectivity index (χ1n) is 8.99. The zero-order valence-corrected chi connectivity index (χ0v) is 16.8. The lowest BCUT2D eigenvalue weighted by Gasteiger charge is -2.04. The Labute approximate surface area is 171 Å². The smallest absolute Gasteiger partial charge is 0.269 e. The minimum atomic E-state index is -0.227. The Bertz CT molecular complexity index is 1140. The fourth-order valence-electron chi connectivity index (χ4n) is 2.89. The number of aromatic amines is 1. The summed E-state index contributed by atoms with van der Waals surface area (Å²) in [5.41, 5.74) is 3.73. The van der Waals surface area contributed by atoms with E-state index in [2.05, 4.69) is 25.5 Å². The quantitative estimate of drug-likeness (QED) is 0.508. The van der Waals surface area contributed by atoms with Crippen molar-refractivity contribution in [2.75, 3.05) is 7.11 Å². The van der Waals surface area contributed by atoms with E-state index in [1.54, 1.807) is 36.9 Å². The lowest BCUT2D eigenvalue weighted by atomic mass is 10.1. The third-order valence-corrected chi connectivity index (χ3v) is 5.62. The van der Waals surface area contributed by atoms with Crippen LogP contribution in [0.4, 0.5) is 0 Å². The molecule has 0 spiro atoms. The van der Waals surface area contributed by atoms with Gasteiger partial charge in [-0.2, -0.15) is 5.10 Å². The number of benzene rings is 1. The Morgan fingerprint density at radius 2 is 2.10 bits per heavy atom. The number of ether oxygens (including phenoxy) is 1. The van der Waals surface area contributed by atoms with E-state index in [9.17, 15) is 4.79 Å². The molecule has 1 amide bonds. The highest BCUT2D eigenvalue weighted by molar-refractivity contribution is 7.15. The summed E-state index contributed by atoms with van der Waals surface area (Å²) >= 11 is 1.55. The summed E-state index contributed by atoms with van der Waals surface area (Å²) in [6.07, 6.45) is 3.51. The van der Waals surface area contributed by atoms with Crippen molar-refractivity contribution in [3.05, 3.63) is 71.1 Å². The number of nitrogens with one attached hydrogen (secondary N) is 2. The number of thiazole rings is 1. The van der Waals surface area contributed by atoms with Crippen LogP contribution in [-0.4, -0.2) is 33.2 Å². The average molecular weight is 405 g/mol. The SMILES string of the molecule is COc1ccccc1-c1cc(C(=O)NCc2sc(-c3cccnc3)nc2C)[nH]n1. The van der Waals surface area contributed by atoms with Crippen molar-refractivity contribution >= 4 is 17.2 Å². The molecule has 0 atom stereocenters. The van der Waals surface area contributed by atoms with Crippen molar-refractivity contribution in [1.29, 1.82) is 0 Å². The molecule has 0 aliphatic rings. The van der Waals surface area contributed by atoms with E-state index in [0.29, 0.717) is 23.7 Å². The summed E-state index contributed by atoms with van der Waals surface area (Å²) in [7, 11) is 1.61. The molecule has 0 saturated heterocycles. The lowest BCUT2D eigenvalue weighted by molar-refractivity contribution is 0.0946. The van der Waals surface area contributed by atoms with Crippen LogP contribution in [0.1, 0.15) is 21.1 Å². The third kappa shape index (κ3) is 4.02. The van der Waals surface area contributed by atoms with Gasteiger partial charge in [-0.25, -0.2) is 4.98 Å². The molecule has 0 aliphatic heterocycles. The lowest BCUT2D eigenvalue weighted by Crippen LogP contribution is -2.23. The number of pyridine rings is 1. The normalized spacial score (nSPS) is 10.7. The molecule has 3 heterocycles. The van der Waals surface area contributed by atoms with Gasteiger partial charge in [0.2, 0.25) is 0 Å². The molecular formula is C21H19N5O2S. The van der Waals surface area contributed by atoms with Gasteiger partial charge in [0.05, 0.1) is 25.0 Å². The van der Waals surface area contributed by atoms with Crippen molar-refractivity contribution in [3.63, 3.8) is 0 Å². The molecule has 0 unspecified atom stereocenters. The van der Waals surface area contributed by atoms with Gasteiger partial charge in [-0.05, 0) is 37.3 Å². The van der Waals surface area contributed by atoms with Gasteiger partial charge in [0.25, 0.3) is 5.91 Å². The second kappa shape index (κ2) is 8.24. The van der Waals surface area contributed by atoms with Gasteiger partial charge in [0, 0.05) is 28.4 Å².